The second-order valence-corrected chi connectivity index (χ2v) is 13.3. The first-order valence-electron chi connectivity index (χ1n) is 17.1. The van der Waals surface area contributed by atoms with E-state index < -0.39 is 5.41 Å². The molecule has 3 heteroatoms. The average Bonchev–Trinajstić information content (AvgIpc) is 3.82. The van der Waals surface area contributed by atoms with E-state index in [2.05, 4.69) is 140 Å². The molecular formula is C47H28N2O. The zero-order valence-electron chi connectivity index (χ0n) is 27.0. The highest BCUT2D eigenvalue weighted by atomic mass is 16.3. The van der Waals surface area contributed by atoms with Gasteiger partial charge in [0.05, 0.1) is 16.8 Å². The van der Waals surface area contributed by atoms with Crippen molar-refractivity contribution in [2.24, 2.45) is 0 Å². The first-order valence-corrected chi connectivity index (χ1v) is 17.1. The van der Waals surface area contributed by atoms with Gasteiger partial charge in [0.15, 0.2) is 5.82 Å². The molecule has 0 amide bonds. The van der Waals surface area contributed by atoms with Gasteiger partial charge in [-0.25, -0.2) is 9.97 Å². The molecule has 11 rings (SSSR count). The fraction of sp³-hybridized carbons (Fsp3) is 0.0213. The van der Waals surface area contributed by atoms with Crippen LogP contribution in [0.4, 0.5) is 0 Å². The van der Waals surface area contributed by atoms with E-state index in [0.29, 0.717) is 5.82 Å². The van der Waals surface area contributed by atoms with E-state index >= 15 is 0 Å². The van der Waals surface area contributed by atoms with E-state index in [4.69, 9.17) is 14.4 Å². The van der Waals surface area contributed by atoms with Crippen molar-refractivity contribution in [2.45, 2.75) is 5.41 Å². The smallest absolute Gasteiger partial charge is 0.160 e. The summed E-state index contributed by atoms with van der Waals surface area (Å²) in [6, 6.07) is 60.5. The molecule has 232 valence electrons. The lowest BCUT2D eigenvalue weighted by molar-refractivity contribution is 0.669. The first kappa shape index (κ1) is 27.4. The minimum atomic E-state index is -0.515. The highest BCUT2D eigenvalue weighted by molar-refractivity contribution is 6.13. The van der Waals surface area contributed by atoms with Crippen molar-refractivity contribution in [1.29, 1.82) is 0 Å². The Kier molecular flexibility index (Phi) is 5.59. The molecule has 1 atom stereocenters. The van der Waals surface area contributed by atoms with Crippen LogP contribution in [0.15, 0.2) is 174 Å². The summed E-state index contributed by atoms with van der Waals surface area (Å²) < 4.78 is 6.72. The molecule has 1 spiro atoms. The van der Waals surface area contributed by atoms with E-state index in [-0.39, 0.29) is 0 Å². The molecule has 2 heterocycles. The highest BCUT2D eigenvalue weighted by Gasteiger charge is 2.52. The van der Waals surface area contributed by atoms with E-state index in [9.17, 15) is 0 Å². The van der Waals surface area contributed by atoms with Crippen LogP contribution in [0.5, 0.6) is 0 Å². The SMILES string of the molecule is c1ccc(-c2cc(-c3ccc4c(c3)C3(c5ccccc5-4)c4ccccc4-c4c3ccc3c4oc4ccccc43)nc(-c3ccccc3)n2)cc1. The fourth-order valence-electron chi connectivity index (χ4n) is 8.63. The van der Waals surface area contributed by atoms with Gasteiger partial charge in [0.1, 0.15) is 11.2 Å². The van der Waals surface area contributed by atoms with Gasteiger partial charge >= 0.3 is 0 Å². The minimum absolute atomic E-state index is 0.515. The largest absolute Gasteiger partial charge is 0.455 e. The molecule has 2 aromatic heterocycles. The predicted octanol–water partition coefficient (Wildman–Crippen LogP) is 11.7. The number of nitrogens with zero attached hydrogens (tertiary/aromatic N) is 2. The van der Waals surface area contributed by atoms with Crippen LogP contribution in [-0.2, 0) is 5.41 Å². The molecular weight excluding hydrogens is 609 g/mol. The molecule has 2 aliphatic rings. The van der Waals surface area contributed by atoms with Crippen molar-refractivity contribution in [3.63, 3.8) is 0 Å². The number of fused-ring (bicyclic) bond motifs is 14. The van der Waals surface area contributed by atoms with Crippen molar-refractivity contribution < 1.29 is 4.42 Å². The lowest BCUT2D eigenvalue weighted by atomic mass is 9.70. The first-order chi connectivity index (χ1) is 24.8. The van der Waals surface area contributed by atoms with E-state index in [1.807, 2.05) is 30.3 Å². The Hall–Kier alpha value is -6.58. The van der Waals surface area contributed by atoms with Crippen LogP contribution in [0.3, 0.4) is 0 Å². The van der Waals surface area contributed by atoms with Crippen molar-refractivity contribution in [1.82, 2.24) is 9.97 Å². The number of aromatic nitrogens is 2. The zero-order valence-corrected chi connectivity index (χ0v) is 27.0. The van der Waals surface area contributed by atoms with Crippen molar-refractivity contribution in [2.75, 3.05) is 0 Å². The van der Waals surface area contributed by atoms with Gasteiger partial charge in [-0.05, 0) is 57.1 Å². The number of benzene rings is 7. The van der Waals surface area contributed by atoms with Gasteiger partial charge in [0.25, 0.3) is 0 Å². The van der Waals surface area contributed by atoms with E-state index in [1.54, 1.807) is 0 Å². The summed E-state index contributed by atoms with van der Waals surface area (Å²) in [4.78, 5) is 10.3. The van der Waals surface area contributed by atoms with Gasteiger partial charge in [-0.3, -0.25) is 0 Å². The number of hydrogen-bond donors (Lipinski definition) is 0. The van der Waals surface area contributed by atoms with E-state index in [1.165, 1.54) is 44.5 Å². The van der Waals surface area contributed by atoms with Crippen LogP contribution in [-0.4, -0.2) is 9.97 Å². The van der Waals surface area contributed by atoms with Crippen LogP contribution in [0, 0.1) is 0 Å². The molecule has 1 unspecified atom stereocenters. The number of para-hydroxylation sites is 1. The maximum atomic E-state index is 6.72. The average molecular weight is 637 g/mol. The van der Waals surface area contributed by atoms with Crippen LogP contribution >= 0.6 is 0 Å². The molecule has 0 saturated heterocycles. The quantitative estimate of drug-likeness (QED) is 0.194. The molecule has 7 aromatic carbocycles. The Labute approximate surface area is 289 Å². The van der Waals surface area contributed by atoms with Gasteiger partial charge < -0.3 is 4.42 Å². The summed E-state index contributed by atoms with van der Waals surface area (Å²) in [5, 5.41) is 2.29. The molecule has 0 aliphatic heterocycles. The summed E-state index contributed by atoms with van der Waals surface area (Å²) in [5.41, 5.74) is 16.3. The van der Waals surface area contributed by atoms with E-state index in [0.717, 1.165) is 50.0 Å². The summed E-state index contributed by atoms with van der Waals surface area (Å²) in [5.74, 6) is 0.712. The van der Waals surface area contributed by atoms with Crippen molar-refractivity contribution in [3.8, 4) is 56.2 Å². The molecule has 50 heavy (non-hydrogen) atoms. The third kappa shape index (κ3) is 3.64. The Morgan fingerprint density at radius 3 is 1.82 bits per heavy atom. The van der Waals surface area contributed by atoms with Crippen molar-refractivity contribution >= 4 is 21.9 Å². The van der Waals surface area contributed by atoms with Gasteiger partial charge in [0.2, 0.25) is 0 Å². The Bertz CT molecular complexity index is 2760. The molecule has 0 bridgehead atoms. The summed E-state index contributed by atoms with van der Waals surface area (Å²) in [7, 11) is 0. The minimum Gasteiger partial charge on any atom is -0.455 e. The molecule has 2 aliphatic carbocycles. The lowest BCUT2D eigenvalue weighted by Gasteiger charge is -2.30. The summed E-state index contributed by atoms with van der Waals surface area (Å²) in [6.45, 7) is 0. The highest BCUT2D eigenvalue weighted by Crippen LogP contribution is 2.64. The van der Waals surface area contributed by atoms with Crippen LogP contribution in [0.1, 0.15) is 22.3 Å². The standard InChI is InChI=1S/C47H28N2O/c1-3-13-29(14-4-1)41-28-42(49-46(48-41)30-15-5-2-6-16-30)31-23-24-33-32-17-7-10-20-37(32)47(40(33)27-31)38-21-11-8-19-36(38)44-39(47)26-25-35-34-18-9-12-22-43(34)50-45(35)44/h1-28H. The maximum Gasteiger partial charge on any atom is 0.160 e. The Morgan fingerprint density at radius 2 is 1.02 bits per heavy atom. The van der Waals surface area contributed by atoms with Crippen LogP contribution in [0.25, 0.3) is 78.1 Å². The molecule has 9 aromatic rings. The summed E-state index contributed by atoms with van der Waals surface area (Å²) >= 11 is 0. The zero-order chi connectivity index (χ0) is 32.8. The maximum absolute atomic E-state index is 6.72. The topological polar surface area (TPSA) is 38.9 Å². The Morgan fingerprint density at radius 1 is 0.400 bits per heavy atom. The second-order valence-electron chi connectivity index (χ2n) is 13.3. The molecule has 0 radical (unpaired) electrons. The molecule has 0 N–H and O–H groups in total. The summed E-state index contributed by atoms with van der Waals surface area (Å²) in [6.07, 6.45) is 0. The predicted molar refractivity (Wildman–Crippen MR) is 202 cm³/mol. The lowest BCUT2D eigenvalue weighted by Crippen LogP contribution is -2.25. The normalized spacial score (nSPS) is 15.3. The van der Waals surface area contributed by atoms with Crippen LogP contribution < -0.4 is 0 Å². The molecule has 0 saturated carbocycles. The molecule has 0 fully saturated rings. The van der Waals surface area contributed by atoms with Crippen molar-refractivity contribution in [3.05, 3.63) is 192 Å². The van der Waals surface area contributed by atoms with Gasteiger partial charge in [-0.15, -0.1) is 0 Å². The van der Waals surface area contributed by atoms with Gasteiger partial charge in [-0.2, -0.15) is 0 Å². The van der Waals surface area contributed by atoms with Gasteiger partial charge in [-0.1, -0.05) is 152 Å². The third-order valence-electron chi connectivity index (χ3n) is 10.7. The number of furan rings is 1. The number of hydrogen-bond acceptors (Lipinski definition) is 3. The third-order valence-corrected chi connectivity index (χ3v) is 10.7. The Balaban J connectivity index is 1.21. The van der Waals surface area contributed by atoms with Gasteiger partial charge in [0, 0.05) is 33.0 Å². The number of rotatable bonds is 3. The molecule has 3 nitrogen and oxygen atoms in total. The fourth-order valence-corrected chi connectivity index (χ4v) is 8.63. The second kappa shape index (κ2) is 10.2. The van der Waals surface area contributed by atoms with Crippen LogP contribution in [0.2, 0.25) is 0 Å². The monoisotopic (exact) mass is 636 g/mol.